The van der Waals surface area contributed by atoms with Gasteiger partial charge in [-0.25, -0.2) is 4.79 Å². The first-order valence-corrected chi connectivity index (χ1v) is 9.22. The van der Waals surface area contributed by atoms with E-state index in [1.807, 2.05) is 4.90 Å². The van der Waals surface area contributed by atoms with Gasteiger partial charge in [0.15, 0.2) is 0 Å². The van der Waals surface area contributed by atoms with Gasteiger partial charge in [-0.2, -0.15) is 0 Å². The standard InChI is InChI=1S/C18H29N3O3/c1-13-9-14(2)11-20(10-13)15(22)12-21-16(23)18(19(3)17(21)24)7-5-4-6-8-18/h13-14H,4-12H2,1-3H3. The highest BCUT2D eigenvalue weighted by atomic mass is 16.2. The number of piperidine rings is 1. The van der Waals surface area contributed by atoms with Gasteiger partial charge in [0.05, 0.1) is 0 Å². The summed E-state index contributed by atoms with van der Waals surface area (Å²) in [4.78, 5) is 42.8. The number of carbonyl (C=O) groups is 3. The van der Waals surface area contributed by atoms with Gasteiger partial charge in [-0.1, -0.05) is 33.1 Å². The zero-order valence-corrected chi connectivity index (χ0v) is 15.1. The Morgan fingerprint density at radius 2 is 1.67 bits per heavy atom. The summed E-state index contributed by atoms with van der Waals surface area (Å²) in [6.07, 6.45) is 5.60. The van der Waals surface area contributed by atoms with Crippen molar-refractivity contribution in [3.8, 4) is 0 Å². The van der Waals surface area contributed by atoms with Gasteiger partial charge in [0.1, 0.15) is 12.1 Å². The average molecular weight is 335 g/mol. The van der Waals surface area contributed by atoms with E-state index in [9.17, 15) is 14.4 Å². The Bertz CT molecular complexity index is 532. The van der Waals surface area contributed by atoms with Crippen LogP contribution in [-0.2, 0) is 9.59 Å². The minimum atomic E-state index is -0.696. The first-order valence-electron chi connectivity index (χ1n) is 9.22. The van der Waals surface area contributed by atoms with Crippen LogP contribution in [0.2, 0.25) is 0 Å². The number of hydrogen-bond donors (Lipinski definition) is 0. The molecule has 0 N–H and O–H groups in total. The third-order valence-corrected chi connectivity index (χ3v) is 6.00. The summed E-state index contributed by atoms with van der Waals surface area (Å²) >= 11 is 0. The molecular weight excluding hydrogens is 306 g/mol. The lowest BCUT2D eigenvalue weighted by Gasteiger charge is -2.36. The van der Waals surface area contributed by atoms with Gasteiger partial charge in [-0.05, 0) is 31.1 Å². The Morgan fingerprint density at radius 3 is 2.25 bits per heavy atom. The highest BCUT2D eigenvalue weighted by Gasteiger charge is 2.56. The Kier molecular flexibility index (Phi) is 4.58. The molecular formula is C18H29N3O3. The van der Waals surface area contributed by atoms with Crippen molar-refractivity contribution in [3.05, 3.63) is 0 Å². The van der Waals surface area contributed by atoms with Crippen LogP contribution in [0, 0.1) is 11.8 Å². The molecule has 0 bridgehead atoms. The van der Waals surface area contributed by atoms with Gasteiger partial charge in [0, 0.05) is 20.1 Å². The van der Waals surface area contributed by atoms with Crippen LogP contribution in [0.1, 0.15) is 52.4 Å². The zero-order chi connectivity index (χ0) is 17.5. The molecule has 1 saturated carbocycles. The lowest BCUT2D eigenvalue weighted by Crippen LogP contribution is -2.50. The summed E-state index contributed by atoms with van der Waals surface area (Å²) in [6, 6.07) is -0.312. The number of likely N-dealkylation sites (tertiary alicyclic amines) is 1. The summed E-state index contributed by atoms with van der Waals surface area (Å²) in [6.45, 7) is 5.63. The molecule has 2 unspecified atom stereocenters. The van der Waals surface area contributed by atoms with Crippen LogP contribution >= 0.6 is 0 Å². The fourth-order valence-corrected chi connectivity index (χ4v) is 4.77. The summed E-state index contributed by atoms with van der Waals surface area (Å²) in [5, 5.41) is 0. The van der Waals surface area contributed by atoms with E-state index < -0.39 is 5.54 Å². The number of hydrogen-bond acceptors (Lipinski definition) is 3. The lowest BCUT2D eigenvalue weighted by atomic mass is 9.81. The molecule has 3 aliphatic rings. The van der Waals surface area contributed by atoms with Gasteiger partial charge in [0.25, 0.3) is 5.91 Å². The van der Waals surface area contributed by atoms with E-state index >= 15 is 0 Å². The average Bonchev–Trinajstić information content (AvgIpc) is 2.71. The Morgan fingerprint density at radius 1 is 1.08 bits per heavy atom. The molecule has 0 aromatic rings. The molecule has 3 rings (SSSR count). The van der Waals surface area contributed by atoms with Crippen molar-refractivity contribution in [2.45, 2.75) is 57.9 Å². The van der Waals surface area contributed by atoms with Crippen LogP contribution in [0.5, 0.6) is 0 Å². The number of rotatable bonds is 2. The topological polar surface area (TPSA) is 60.9 Å². The van der Waals surface area contributed by atoms with E-state index in [-0.39, 0.29) is 24.4 Å². The van der Waals surface area contributed by atoms with Crippen LogP contribution in [-0.4, -0.2) is 64.8 Å². The second kappa shape index (κ2) is 6.37. The molecule has 0 radical (unpaired) electrons. The Balaban J connectivity index is 1.71. The van der Waals surface area contributed by atoms with E-state index in [1.54, 1.807) is 11.9 Å². The summed E-state index contributed by atoms with van der Waals surface area (Å²) in [5.41, 5.74) is -0.696. The molecule has 3 fully saturated rings. The van der Waals surface area contributed by atoms with Crippen molar-refractivity contribution in [2.24, 2.45) is 11.8 Å². The van der Waals surface area contributed by atoms with E-state index in [2.05, 4.69) is 13.8 Å². The SMILES string of the molecule is CC1CC(C)CN(C(=O)CN2C(=O)N(C)C3(CCCCC3)C2=O)C1. The molecule has 2 heterocycles. The van der Waals surface area contributed by atoms with Gasteiger partial charge in [0.2, 0.25) is 5.91 Å². The molecule has 2 atom stereocenters. The predicted molar refractivity (Wildman–Crippen MR) is 90.2 cm³/mol. The molecule has 1 aliphatic carbocycles. The molecule has 6 nitrogen and oxygen atoms in total. The van der Waals surface area contributed by atoms with E-state index in [0.717, 1.165) is 51.6 Å². The largest absolute Gasteiger partial charge is 0.341 e. The first kappa shape index (κ1) is 17.2. The Hall–Kier alpha value is -1.59. The van der Waals surface area contributed by atoms with Crippen molar-refractivity contribution in [3.63, 3.8) is 0 Å². The molecule has 0 aromatic carbocycles. The number of amides is 4. The van der Waals surface area contributed by atoms with Crippen LogP contribution in [0.3, 0.4) is 0 Å². The molecule has 134 valence electrons. The highest BCUT2D eigenvalue weighted by Crippen LogP contribution is 2.39. The summed E-state index contributed by atoms with van der Waals surface area (Å²) in [5.74, 6) is 0.669. The number of urea groups is 1. The van der Waals surface area contributed by atoms with Crippen LogP contribution < -0.4 is 0 Å². The smallest absolute Gasteiger partial charge is 0.327 e. The second-order valence-electron chi connectivity index (χ2n) is 8.07. The summed E-state index contributed by atoms with van der Waals surface area (Å²) < 4.78 is 0. The normalized spacial score (nSPS) is 30.4. The Labute approximate surface area is 144 Å². The molecule has 2 saturated heterocycles. The van der Waals surface area contributed by atoms with E-state index in [0.29, 0.717) is 11.8 Å². The maximum Gasteiger partial charge on any atom is 0.327 e. The fraction of sp³-hybridized carbons (Fsp3) is 0.833. The molecule has 1 spiro atoms. The van der Waals surface area contributed by atoms with Gasteiger partial charge in [-0.15, -0.1) is 0 Å². The van der Waals surface area contributed by atoms with Crippen molar-refractivity contribution in [1.29, 1.82) is 0 Å². The van der Waals surface area contributed by atoms with Gasteiger partial charge in [-0.3, -0.25) is 14.5 Å². The molecule has 0 aromatic heterocycles. The third-order valence-electron chi connectivity index (χ3n) is 6.00. The highest BCUT2D eigenvalue weighted by molar-refractivity contribution is 6.08. The van der Waals surface area contributed by atoms with E-state index in [1.165, 1.54) is 4.90 Å². The van der Waals surface area contributed by atoms with Crippen LogP contribution in [0.15, 0.2) is 0 Å². The number of imide groups is 1. The maximum absolute atomic E-state index is 12.9. The molecule has 4 amide bonds. The van der Waals surface area contributed by atoms with Crippen molar-refractivity contribution in [2.75, 3.05) is 26.7 Å². The quantitative estimate of drug-likeness (QED) is 0.726. The lowest BCUT2D eigenvalue weighted by molar-refractivity contribution is -0.141. The number of likely N-dealkylation sites (N-methyl/N-ethyl adjacent to an activating group) is 1. The maximum atomic E-state index is 12.9. The molecule has 2 aliphatic heterocycles. The van der Waals surface area contributed by atoms with Crippen LogP contribution in [0.4, 0.5) is 4.79 Å². The summed E-state index contributed by atoms with van der Waals surface area (Å²) in [7, 11) is 1.71. The molecule has 24 heavy (non-hydrogen) atoms. The minimum Gasteiger partial charge on any atom is -0.341 e. The number of nitrogens with zero attached hydrogens (tertiary/aromatic N) is 3. The monoisotopic (exact) mass is 335 g/mol. The minimum absolute atomic E-state index is 0.101. The van der Waals surface area contributed by atoms with Crippen molar-refractivity contribution >= 4 is 17.8 Å². The second-order valence-corrected chi connectivity index (χ2v) is 8.07. The van der Waals surface area contributed by atoms with Crippen molar-refractivity contribution in [1.82, 2.24) is 14.7 Å². The van der Waals surface area contributed by atoms with E-state index in [4.69, 9.17) is 0 Å². The third kappa shape index (κ3) is 2.80. The number of carbonyl (C=O) groups excluding carboxylic acids is 3. The first-order chi connectivity index (χ1) is 11.3. The van der Waals surface area contributed by atoms with Crippen LogP contribution in [0.25, 0.3) is 0 Å². The van der Waals surface area contributed by atoms with Gasteiger partial charge < -0.3 is 9.80 Å². The predicted octanol–water partition coefficient (Wildman–Crippen LogP) is 2.09. The van der Waals surface area contributed by atoms with Crippen molar-refractivity contribution < 1.29 is 14.4 Å². The van der Waals surface area contributed by atoms with Gasteiger partial charge >= 0.3 is 6.03 Å². The fourth-order valence-electron chi connectivity index (χ4n) is 4.77. The zero-order valence-electron chi connectivity index (χ0n) is 15.1. The molecule has 6 heteroatoms.